The van der Waals surface area contributed by atoms with E-state index in [0.717, 1.165) is 13.9 Å². The van der Waals surface area contributed by atoms with E-state index in [2.05, 4.69) is 77.6 Å². The maximum Gasteiger partial charge on any atom is 0.303 e. The van der Waals surface area contributed by atoms with E-state index in [1.807, 2.05) is 42.6 Å². The normalized spacial score (nSPS) is 22.2. The lowest BCUT2D eigenvalue weighted by Gasteiger charge is -2.44. The molecule has 1 aliphatic heterocycles. The summed E-state index contributed by atoms with van der Waals surface area (Å²) in [5.41, 5.74) is -0.915. The predicted molar refractivity (Wildman–Crippen MR) is 178 cm³/mol. The van der Waals surface area contributed by atoms with Gasteiger partial charge in [-0.15, -0.1) is 0 Å². The fraction of sp³-hybridized carbons (Fsp3) is 0.375. The Morgan fingerprint density at radius 3 is 2.14 bits per heavy atom. The standard InChI is InChI=1S/C32H35ClIN3O6Si/c1-20(38)41-27-30(37-17-24(34)26-28(33)35-19-36-29(26)37)42-25(32(27,6)43-21(2)39)18-40-44(31(3,4)5,22-13-9-7-10-14-22)23-15-11-8-12-16-23/h7-17,19,25,27,30H,18H2,1-6H3. The monoisotopic (exact) mass is 747 g/mol. The van der Waals surface area contributed by atoms with Gasteiger partial charge in [-0.05, 0) is 44.9 Å². The molecule has 0 spiro atoms. The molecule has 44 heavy (non-hydrogen) atoms. The fourth-order valence-electron chi connectivity index (χ4n) is 6.21. The van der Waals surface area contributed by atoms with E-state index in [0.29, 0.717) is 11.0 Å². The molecule has 2 aromatic heterocycles. The summed E-state index contributed by atoms with van der Waals surface area (Å²) >= 11 is 8.59. The van der Waals surface area contributed by atoms with Crippen LogP contribution >= 0.6 is 34.2 Å². The summed E-state index contributed by atoms with van der Waals surface area (Å²) in [4.78, 5) is 33.7. The highest BCUT2D eigenvalue weighted by atomic mass is 127. The van der Waals surface area contributed by atoms with Crippen LogP contribution in [-0.4, -0.2) is 59.2 Å². The average molecular weight is 748 g/mol. The van der Waals surface area contributed by atoms with Crippen molar-refractivity contribution in [3.8, 4) is 0 Å². The molecular weight excluding hydrogens is 713 g/mol. The van der Waals surface area contributed by atoms with Gasteiger partial charge in [0.15, 0.2) is 17.9 Å². The molecule has 4 atom stereocenters. The third-order valence-electron chi connectivity index (χ3n) is 8.08. The summed E-state index contributed by atoms with van der Waals surface area (Å²) in [6, 6.07) is 20.5. The van der Waals surface area contributed by atoms with Crippen LogP contribution in [0.3, 0.4) is 0 Å². The van der Waals surface area contributed by atoms with Crippen LogP contribution in [0, 0.1) is 3.57 Å². The third kappa shape index (κ3) is 5.80. The minimum Gasteiger partial charge on any atom is -0.453 e. The summed E-state index contributed by atoms with van der Waals surface area (Å²) in [6.45, 7) is 11.0. The number of halogens is 2. The number of ether oxygens (including phenoxy) is 3. The Kier molecular flexibility index (Phi) is 9.25. The molecule has 0 bridgehead atoms. The van der Waals surface area contributed by atoms with E-state index in [1.54, 1.807) is 11.5 Å². The van der Waals surface area contributed by atoms with Gasteiger partial charge in [-0.3, -0.25) is 9.59 Å². The number of fused-ring (bicyclic) bond motifs is 1. The zero-order valence-corrected chi connectivity index (χ0v) is 29.3. The van der Waals surface area contributed by atoms with Crippen molar-refractivity contribution in [3.05, 3.63) is 81.9 Å². The number of hydrogen-bond donors (Lipinski definition) is 0. The summed E-state index contributed by atoms with van der Waals surface area (Å²) in [5.74, 6) is -1.09. The summed E-state index contributed by atoms with van der Waals surface area (Å²) in [6.07, 6.45) is 0.411. The van der Waals surface area contributed by atoms with Crippen LogP contribution in [0.4, 0.5) is 0 Å². The molecule has 0 N–H and O–H groups in total. The van der Waals surface area contributed by atoms with Crippen LogP contribution < -0.4 is 10.4 Å². The van der Waals surface area contributed by atoms with Gasteiger partial charge in [0.05, 0.1) is 12.0 Å². The molecule has 0 aliphatic carbocycles. The number of benzene rings is 2. The van der Waals surface area contributed by atoms with Gasteiger partial charge in [0.1, 0.15) is 23.2 Å². The van der Waals surface area contributed by atoms with Gasteiger partial charge in [-0.25, -0.2) is 9.97 Å². The lowest BCUT2D eigenvalue weighted by Crippen LogP contribution is -2.67. The minimum atomic E-state index is -3.00. The van der Waals surface area contributed by atoms with E-state index in [4.69, 9.17) is 30.2 Å². The van der Waals surface area contributed by atoms with Gasteiger partial charge in [0.2, 0.25) is 0 Å². The van der Waals surface area contributed by atoms with Crippen molar-refractivity contribution < 1.29 is 28.2 Å². The van der Waals surface area contributed by atoms with E-state index < -0.39 is 44.3 Å². The molecule has 0 saturated carbocycles. The molecule has 5 rings (SSSR count). The molecule has 232 valence electrons. The highest BCUT2D eigenvalue weighted by Gasteiger charge is 2.61. The maximum atomic E-state index is 12.6. The lowest BCUT2D eigenvalue weighted by atomic mass is 9.94. The van der Waals surface area contributed by atoms with Crippen LogP contribution in [0.25, 0.3) is 11.0 Å². The molecule has 0 amide bonds. The van der Waals surface area contributed by atoms with Crippen molar-refractivity contribution in [1.29, 1.82) is 0 Å². The van der Waals surface area contributed by atoms with Crippen LogP contribution in [0.15, 0.2) is 73.2 Å². The molecule has 4 unspecified atom stereocenters. The zero-order chi connectivity index (χ0) is 31.9. The van der Waals surface area contributed by atoms with Crippen molar-refractivity contribution in [3.63, 3.8) is 0 Å². The molecule has 4 aromatic rings. The molecule has 12 heteroatoms. The molecule has 0 radical (unpaired) electrons. The second-order valence-electron chi connectivity index (χ2n) is 12.0. The number of aromatic nitrogens is 3. The molecule has 9 nitrogen and oxygen atoms in total. The van der Waals surface area contributed by atoms with Crippen molar-refractivity contribution in [2.45, 2.75) is 70.6 Å². The number of nitrogens with zero attached hydrogens (tertiary/aromatic N) is 3. The molecular formula is C32H35ClIN3O6Si. The van der Waals surface area contributed by atoms with Crippen LogP contribution in [0.1, 0.15) is 47.8 Å². The lowest BCUT2D eigenvalue weighted by molar-refractivity contribution is -0.181. The first-order chi connectivity index (χ1) is 20.8. The highest BCUT2D eigenvalue weighted by molar-refractivity contribution is 14.1. The highest BCUT2D eigenvalue weighted by Crippen LogP contribution is 2.45. The Hall–Kier alpha value is -2.84. The van der Waals surface area contributed by atoms with Gasteiger partial charge in [0, 0.05) is 23.6 Å². The Bertz CT molecular complexity index is 1630. The van der Waals surface area contributed by atoms with Crippen molar-refractivity contribution in [2.75, 3.05) is 6.61 Å². The number of esters is 2. The van der Waals surface area contributed by atoms with Gasteiger partial charge < -0.3 is 23.2 Å². The van der Waals surface area contributed by atoms with E-state index in [9.17, 15) is 9.59 Å². The van der Waals surface area contributed by atoms with Crippen LogP contribution in [-0.2, 0) is 28.2 Å². The Balaban J connectivity index is 1.64. The quantitative estimate of drug-likeness (QED) is 0.102. The van der Waals surface area contributed by atoms with Gasteiger partial charge >= 0.3 is 11.9 Å². The zero-order valence-electron chi connectivity index (χ0n) is 25.4. The number of carbonyl (C=O) groups excluding carboxylic acids is 2. The summed E-state index contributed by atoms with van der Waals surface area (Å²) < 4.78 is 28.4. The van der Waals surface area contributed by atoms with Crippen LogP contribution in [0.2, 0.25) is 10.2 Å². The summed E-state index contributed by atoms with van der Waals surface area (Å²) in [7, 11) is -3.00. The summed E-state index contributed by atoms with van der Waals surface area (Å²) in [5, 5.41) is 2.81. The first kappa shape index (κ1) is 32.5. The van der Waals surface area contributed by atoms with Gasteiger partial charge in [-0.2, -0.15) is 0 Å². The smallest absolute Gasteiger partial charge is 0.303 e. The van der Waals surface area contributed by atoms with E-state index in [-0.39, 0.29) is 16.8 Å². The Morgan fingerprint density at radius 1 is 1.02 bits per heavy atom. The molecule has 2 aromatic carbocycles. The Labute approximate surface area is 276 Å². The maximum absolute atomic E-state index is 12.6. The van der Waals surface area contributed by atoms with Crippen molar-refractivity contribution >= 4 is 75.9 Å². The van der Waals surface area contributed by atoms with Crippen molar-refractivity contribution in [2.24, 2.45) is 0 Å². The van der Waals surface area contributed by atoms with E-state index >= 15 is 0 Å². The predicted octanol–water partition coefficient (Wildman–Crippen LogP) is 5.42. The average Bonchev–Trinajstić information content (AvgIpc) is 3.43. The molecule has 3 heterocycles. The van der Waals surface area contributed by atoms with Crippen molar-refractivity contribution in [1.82, 2.24) is 14.5 Å². The second kappa shape index (κ2) is 12.5. The topological polar surface area (TPSA) is 102 Å². The van der Waals surface area contributed by atoms with Crippen LogP contribution in [0.5, 0.6) is 0 Å². The number of rotatable bonds is 8. The molecule has 1 aliphatic rings. The SMILES string of the molecule is CC(=O)OC1C(n2cc(I)c3c(Cl)ncnc32)OC(CO[Si](c2ccccc2)(c2ccccc2)C(C)(C)C)C1(C)OC(C)=O. The minimum absolute atomic E-state index is 0.0529. The third-order valence-corrected chi connectivity index (χ3v) is 14.2. The second-order valence-corrected chi connectivity index (χ2v) is 17.9. The Morgan fingerprint density at radius 2 is 1.61 bits per heavy atom. The number of carbonyl (C=O) groups is 2. The first-order valence-electron chi connectivity index (χ1n) is 14.2. The number of hydrogen-bond acceptors (Lipinski definition) is 8. The fourth-order valence-corrected chi connectivity index (χ4v) is 11.9. The molecule has 1 fully saturated rings. The van der Waals surface area contributed by atoms with E-state index in [1.165, 1.54) is 20.2 Å². The van der Waals surface area contributed by atoms with Gasteiger partial charge in [-0.1, -0.05) is 93.0 Å². The molecule has 1 saturated heterocycles. The largest absolute Gasteiger partial charge is 0.453 e. The first-order valence-corrected chi connectivity index (χ1v) is 17.6. The van der Waals surface area contributed by atoms with Gasteiger partial charge in [0.25, 0.3) is 8.32 Å².